The maximum absolute atomic E-state index is 13.0. The van der Waals surface area contributed by atoms with Gasteiger partial charge in [0.15, 0.2) is 17.1 Å². The summed E-state index contributed by atoms with van der Waals surface area (Å²) in [5.41, 5.74) is 2.88. The largest absolute Gasteiger partial charge is 0.342 e. The fraction of sp³-hybridized carbons (Fsp3) is 0.316. The maximum Gasteiger partial charge on any atom is 0.253 e. The van der Waals surface area contributed by atoms with Crippen LogP contribution in [0.2, 0.25) is 0 Å². The van der Waals surface area contributed by atoms with Crippen molar-refractivity contribution in [3.63, 3.8) is 0 Å². The van der Waals surface area contributed by atoms with Crippen molar-refractivity contribution in [3.8, 4) is 0 Å². The van der Waals surface area contributed by atoms with Gasteiger partial charge in [0.05, 0.1) is 17.3 Å². The van der Waals surface area contributed by atoms with Crippen LogP contribution < -0.4 is 5.32 Å². The molecule has 4 rings (SSSR count). The van der Waals surface area contributed by atoms with E-state index in [4.69, 9.17) is 0 Å². The lowest BCUT2D eigenvalue weighted by Crippen LogP contribution is -2.30. The molecule has 28 heavy (non-hydrogen) atoms. The van der Waals surface area contributed by atoms with Gasteiger partial charge in [-0.25, -0.2) is 4.98 Å². The quantitative estimate of drug-likeness (QED) is 0.540. The van der Waals surface area contributed by atoms with Gasteiger partial charge in [-0.2, -0.15) is 16.9 Å². The number of carbonyl (C=O) groups is 1. The Kier molecular flexibility index (Phi) is 4.99. The van der Waals surface area contributed by atoms with Gasteiger partial charge in [-0.15, -0.1) is 10.2 Å². The summed E-state index contributed by atoms with van der Waals surface area (Å²) in [6, 6.07) is 7.33. The molecular weight excluding hydrogens is 374 g/mol. The molecule has 0 saturated carbocycles. The lowest BCUT2D eigenvalue weighted by atomic mass is 10.1. The fourth-order valence-corrected chi connectivity index (χ4v) is 3.74. The molecule has 4 aromatic heterocycles. The average Bonchev–Trinajstić information content (AvgIpc) is 3.26. The zero-order valence-corrected chi connectivity index (χ0v) is 16.8. The van der Waals surface area contributed by atoms with Gasteiger partial charge in [0, 0.05) is 24.8 Å². The molecule has 4 aromatic rings. The Balaban J connectivity index is 1.65. The van der Waals surface area contributed by atoms with Crippen molar-refractivity contribution in [1.29, 1.82) is 0 Å². The number of thioether (sulfide) groups is 1. The van der Waals surface area contributed by atoms with Crippen molar-refractivity contribution < 1.29 is 4.79 Å². The molecule has 1 atom stereocenters. The van der Waals surface area contributed by atoms with E-state index in [0.29, 0.717) is 5.56 Å². The van der Waals surface area contributed by atoms with Crippen LogP contribution in [0.1, 0.15) is 34.3 Å². The molecule has 0 aromatic carbocycles. The van der Waals surface area contributed by atoms with Crippen molar-refractivity contribution in [2.24, 2.45) is 7.05 Å². The van der Waals surface area contributed by atoms with Gasteiger partial charge < -0.3 is 5.32 Å². The van der Waals surface area contributed by atoms with Crippen molar-refractivity contribution in [2.75, 3.05) is 12.0 Å². The molecule has 0 aliphatic rings. The number of amides is 1. The second kappa shape index (κ2) is 7.59. The Bertz CT molecular complexity index is 1150. The van der Waals surface area contributed by atoms with Gasteiger partial charge in [-0.3, -0.25) is 13.9 Å². The molecule has 0 radical (unpaired) electrons. The first-order valence-electron chi connectivity index (χ1n) is 8.97. The van der Waals surface area contributed by atoms with Crippen LogP contribution in [-0.2, 0) is 7.05 Å². The molecule has 0 saturated heterocycles. The maximum atomic E-state index is 13.0. The molecule has 0 aliphatic heterocycles. The summed E-state index contributed by atoms with van der Waals surface area (Å²) in [4.78, 5) is 17.4. The summed E-state index contributed by atoms with van der Waals surface area (Å²) < 4.78 is 3.63. The third-order valence-electron chi connectivity index (χ3n) is 4.69. The van der Waals surface area contributed by atoms with Crippen LogP contribution >= 0.6 is 11.8 Å². The van der Waals surface area contributed by atoms with Crippen LogP contribution in [0.3, 0.4) is 0 Å². The Hall–Kier alpha value is -2.94. The molecule has 144 valence electrons. The predicted molar refractivity (Wildman–Crippen MR) is 109 cm³/mol. The second-order valence-electron chi connectivity index (χ2n) is 6.60. The number of rotatable bonds is 6. The first kappa shape index (κ1) is 18.4. The number of nitrogens with one attached hydrogen (secondary N) is 1. The van der Waals surface area contributed by atoms with Crippen molar-refractivity contribution in [2.45, 2.75) is 19.4 Å². The van der Waals surface area contributed by atoms with Crippen LogP contribution in [0.15, 0.2) is 36.7 Å². The molecule has 8 nitrogen and oxygen atoms in total. The second-order valence-corrected chi connectivity index (χ2v) is 7.58. The van der Waals surface area contributed by atoms with Gasteiger partial charge >= 0.3 is 0 Å². The molecule has 4 heterocycles. The summed E-state index contributed by atoms with van der Waals surface area (Å²) in [6.07, 6.45) is 6.30. The smallest absolute Gasteiger partial charge is 0.253 e. The third kappa shape index (κ3) is 3.33. The number of nitrogens with zero attached hydrogens (tertiary/aromatic N) is 6. The number of hydrogen-bond donors (Lipinski definition) is 1. The number of pyridine rings is 2. The topological polar surface area (TPSA) is 90.0 Å². The van der Waals surface area contributed by atoms with E-state index < -0.39 is 0 Å². The molecular formula is C19H21N7OS. The number of aryl methyl sites for hydroxylation is 2. The summed E-state index contributed by atoms with van der Waals surface area (Å²) in [5.74, 6) is 1.44. The molecule has 0 bridgehead atoms. The van der Waals surface area contributed by atoms with E-state index in [2.05, 4.69) is 25.6 Å². The number of carbonyl (C=O) groups excluding carboxylic acids is 1. The van der Waals surface area contributed by atoms with Crippen LogP contribution in [0.25, 0.3) is 16.7 Å². The molecule has 9 heteroatoms. The van der Waals surface area contributed by atoms with Crippen molar-refractivity contribution >= 4 is 34.3 Å². The first-order chi connectivity index (χ1) is 13.6. The SMILES string of the molecule is CSCCC(NC(=O)c1cnc2c(c1)c(C)nn2C)c1nnc2ccccn12. The number of fused-ring (bicyclic) bond motifs is 2. The Labute approximate surface area is 166 Å². The minimum Gasteiger partial charge on any atom is -0.342 e. The first-order valence-corrected chi connectivity index (χ1v) is 10.4. The lowest BCUT2D eigenvalue weighted by Gasteiger charge is -2.17. The standard InChI is InChI=1S/C19H21N7OS/c1-12-14-10-13(11-20-17(14)25(2)24-12)19(27)21-15(7-9-28-3)18-23-22-16-6-4-5-8-26(16)18/h4-6,8,10-11,15H,7,9H2,1-3H3,(H,21,27). The highest BCUT2D eigenvalue weighted by Crippen LogP contribution is 2.20. The molecule has 0 aliphatic carbocycles. The van der Waals surface area contributed by atoms with Crippen molar-refractivity contribution in [1.82, 2.24) is 34.7 Å². The van der Waals surface area contributed by atoms with E-state index in [-0.39, 0.29) is 11.9 Å². The zero-order valence-electron chi connectivity index (χ0n) is 16.0. The number of aromatic nitrogens is 6. The number of hydrogen-bond acceptors (Lipinski definition) is 6. The highest BCUT2D eigenvalue weighted by atomic mass is 32.2. The average molecular weight is 395 g/mol. The fourth-order valence-electron chi connectivity index (χ4n) is 3.27. The van der Waals surface area contributed by atoms with Gasteiger partial charge in [-0.05, 0) is 43.6 Å². The van der Waals surface area contributed by atoms with Gasteiger partial charge in [-0.1, -0.05) is 6.07 Å². The third-order valence-corrected chi connectivity index (χ3v) is 5.34. The summed E-state index contributed by atoms with van der Waals surface area (Å²) in [6.45, 7) is 1.91. The van der Waals surface area contributed by atoms with Gasteiger partial charge in [0.2, 0.25) is 0 Å². The molecule has 1 unspecified atom stereocenters. The highest BCUT2D eigenvalue weighted by molar-refractivity contribution is 7.98. The lowest BCUT2D eigenvalue weighted by molar-refractivity contribution is 0.0933. The van der Waals surface area contributed by atoms with E-state index >= 15 is 0 Å². The minimum absolute atomic E-state index is 0.184. The normalized spacial score (nSPS) is 12.5. The Morgan fingerprint density at radius 2 is 2.18 bits per heavy atom. The van der Waals surface area contributed by atoms with E-state index in [1.54, 1.807) is 22.6 Å². The monoisotopic (exact) mass is 395 g/mol. The van der Waals surface area contributed by atoms with Gasteiger partial charge in [0.1, 0.15) is 0 Å². The van der Waals surface area contributed by atoms with Crippen LogP contribution in [0, 0.1) is 6.92 Å². The Morgan fingerprint density at radius 1 is 1.32 bits per heavy atom. The van der Waals surface area contributed by atoms with Crippen LogP contribution in [-0.4, -0.2) is 47.3 Å². The minimum atomic E-state index is -0.247. The van der Waals surface area contributed by atoms with E-state index in [1.807, 2.05) is 55.1 Å². The van der Waals surface area contributed by atoms with E-state index in [1.165, 1.54) is 0 Å². The van der Waals surface area contributed by atoms with Crippen molar-refractivity contribution in [3.05, 3.63) is 53.7 Å². The summed E-state index contributed by atoms with van der Waals surface area (Å²) in [7, 11) is 1.84. The molecule has 1 amide bonds. The summed E-state index contributed by atoms with van der Waals surface area (Å²) in [5, 5.41) is 16.9. The summed E-state index contributed by atoms with van der Waals surface area (Å²) >= 11 is 1.73. The van der Waals surface area contributed by atoms with Crippen LogP contribution in [0.5, 0.6) is 0 Å². The van der Waals surface area contributed by atoms with E-state index in [0.717, 1.165) is 40.4 Å². The molecule has 0 spiro atoms. The van der Waals surface area contributed by atoms with Gasteiger partial charge in [0.25, 0.3) is 5.91 Å². The van der Waals surface area contributed by atoms with Crippen LogP contribution in [0.4, 0.5) is 0 Å². The molecule has 0 fully saturated rings. The zero-order chi connectivity index (χ0) is 19.7. The van der Waals surface area contributed by atoms with E-state index in [9.17, 15) is 4.79 Å². The molecule has 1 N–H and O–H groups in total. The highest BCUT2D eigenvalue weighted by Gasteiger charge is 2.21. The Morgan fingerprint density at radius 3 is 3.00 bits per heavy atom. The predicted octanol–water partition coefficient (Wildman–Crippen LogP) is 2.54.